The highest BCUT2D eigenvalue weighted by Gasteiger charge is 2.95. The zero-order chi connectivity index (χ0) is 31.4. The third-order valence-electron chi connectivity index (χ3n) is 15.2. The molecule has 0 aromatic heterocycles. The molecule has 10 rings (SSSR count). The van der Waals surface area contributed by atoms with Crippen LogP contribution in [0.1, 0.15) is 49.7 Å². The summed E-state index contributed by atoms with van der Waals surface area (Å²) < 4.78 is 25.1. The van der Waals surface area contributed by atoms with Crippen molar-refractivity contribution < 1.29 is 18.9 Å². The van der Waals surface area contributed by atoms with Crippen LogP contribution in [-0.2, 0) is 9.47 Å². The molecule has 3 aromatic rings. The van der Waals surface area contributed by atoms with E-state index in [2.05, 4.69) is 50.2 Å². The lowest BCUT2D eigenvalue weighted by atomic mass is 9.30. The van der Waals surface area contributed by atoms with Crippen LogP contribution in [0, 0.1) is 46.3 Å². The van der Waals surface area contributed by atoms with Crippen LogP contribution in [0.5, 0.6) is 11.5 Å². The maximum absolute atomic E-state index is 7.75. The van der Waals surface area contributed by atoms with Gasteiger partial charge in [-0.05, 0) is 93.9 Å². The molecule has 45 heavy (non-hydrogen) atoms. The van der Waals surface area contributed by atoms with E-state index in [-0.39, 0.29) is 22.7 Å². The highest BCUT2D eigenvalue weighted by molar-refractivity contribution is 6.52. The molecule has 0 amide bonds. The molecule has 4 nitrogen and oxygen atoms in total. The summed E-state index contributed by atoms with van der Waals surface area (Å²) in [6.07, 6.45) is 2.18. The first kappa shape index (κ1) is 28.6. The average Bonchev–Trinajstić information content (AvgIpc) is 3.82. The minimum Gasteiger partial charge on any atom is -0.496 e. The molecule has 6 bridgehead atoms. The Morgan fingerprint density at radius 3 is 1.44 bits per heavy atom. The zero-order valence-electron chi connectivity index (χ0n) is 26.1. The largest absolute Gasteiger partial charge is 0.496 e. The monoisotopic (exact) mass is 684 g/mol. The number of ether oxygens (including phenoxy) is 4. The molecule has 0 radical (unpaired) electrons. The molecule has 0 spiro atoms. The number of benzene rings is 3. The minimum absolute atomic E-state index is 0.00594. The van der Waals surface area contributed by atoms with E-state index in [1.165, 1.54) is 21.9 Å². The Bertz CT molecular complexity index is 1810. The Morgan fingerprint density at radius 1 is 0.644 bits per heavy atom. The smallest absolute Gasteiger partial charge is 0.217 e. The van der Waals surface area contributed by atoms with Crippen LogP contribution >= 0.6 is 46.4 Å². The number of fused-ring (bicyclic) bond motifs is 24. The van der Waals surface area contributed by atoms with Gasteiger partial charge in [0.15, 0.2) is 0 Å². The summed E-state index contributed by atoms with van der Waals surface area (Å²) in [5.74, 6) is 3.03. The van der Waals surface area contributed by atoms with Crippen molar-refractivity contribution in [1.82, 2.24) is 0 Å². The molecule has 5 fully saturated rings. The summed E-state index contributed by atoms with van der Waals surface area (Å²) in [4.78, 5) is -2.30. The quantitative estimate of drug-likeness (QED) is 0.0902. The SMILES string of the molecule is COc1c2c(c(OC)c3cc4ccccc4cc13)[C@@H]1C[C@H]2[C@@H]2[C@H]1[C@@]1(C)[C@@H]3C[C@@H]([C@@H]4[C@H]3[C@]3(Cl)C(Cl)=C(Cl)[C@@]4(Cl)C3(OC)OC)[C@@]21C. The average molecular weight is 687 g/mol. The summed E-state index contributed by atoms with van der Waals surface area (Å²) >= 11 is 29.6. The summed E-state index contributed by atoms with van der Waals surface area (Å²) in [6, 6.07) is 13.1. The second-order valence-corrected chi connectivity index (χ2v) is 17.2. The van der Waals surface area contributed by atoms with E-state index in [1.807, 2.05) is 14.2 Å². The van der Waals surface area contributed by atoms with Gasteiger partial charge in [0, 0.05) is 36.1 Å². The third-order valence-corrected chi connectivity index (χ3v) is 17.8. The Morgan fingerprint density at radius 2 is 1.07 bits per heavy atom. The van der Waals surface area contributed by atoms with Gasteiger partial charge in [0.2, 0.25) is 5.79 Å². The van der Waals surface area contributed by atoms with Gasteiger partial charge in [0.25, 0.3) is 0 Å². The first-order valence-corrected chi connectivity index (χ1v) is 17.6. The lowest BCUT2D eigenvalue weighted by Gasteiger charge is -2.73. The van der Waals surface area contributed by atoms with Crippen molar-refractivity contribution in [3.05, 3.63) is 57.6 Å². The predicted molar refractivity (Wildman–Crippen MR) is 179 cm³/mol. The summed E-state index contributed by atoms with van der Waals surface area (Å²) in [7, 11) is 6.90. The fourth-order valence-electron chi connectivity index (χ4n) is 14.1. The van der Waals surface area contributed by atoms with E-state index in [9.17, 15) is 0 Å². The van der Waals surface area contributed by atoms with Gasteiger partial charge >= 0.3 is 0 Å². The van der Waals surface area contributed by atoms with Gasteiger partial charge in [-0.2, -0.15) is 0 Å². The van der Waals surface area contributed by atoms with Crippen molar-refractivity contribution in [2.45, 2.75) is 54.1 Å². The topological polar surface area (TPSA) is 36.9 Å². The molecule has 0 heterocycles. The highest BCUT2D eigenvalue weighted by Crippen LogP contribution is 2.95. The number of halogens is 4. The van der Waals surface area contributed by atoms with E-state index >= 15 is 0 Å². The van der Waals surface area contributed by atoms with E-state index < -0.39 is 15.5 Å². The molecule has 8 heteroatoms. The minimum atomic E-state index is -1.34. The summed E-state index contributed by atoms with van der Waals surface area (Å²) in [5.41, 5.74) is 2.79. The van der Waals surface area contributed by atoms with Crippen LogP contribution in [-0.4, -0.2) is 44.0 Å². The lowest BCUT2D eigenvalue weighted by molar-refractivity contribution is -0.244. The molecule has 12 atom stereocenters. The van der Waals surface area contributed by atoms with Gasteiger partial charge in [-0.25, -0.2) is 0 Å². The number of hydrogen-bond acceptors (Lipinski definition) is 4. The Hall–Kier alpha value is -1.40. The third kappa shape index (κ3) is 2.41. The molecule has 5 saturated carbocycles. The zero-order valence-corrected chi connectivity index (χ0v) is 29.2. The normalized spacial score (nSPS) is 46.9. The van der Waals surface area contributed by atoms with Crippen LogP contribution in [0.4, 0.5) is 0 Å². The van der Waals surface area contributed by atoms with Crippen molar-refractivity contribution >= 4 is 67.9 Å². The number of alkyl halides is 2. The van der Waals surface area contributed by atoms with Crippen molar-refractivity contribution in [3.8, 4) is 11.5 Å². The summed E-state index contributed by atoms with van der Waals surface area (Å²) in [5, 5.41) is 5.45. The fourth-order valence-corrected chi connectivity index (χ4v) is 16.4. The molecule has 0 N–H and O–H groups in total. The fraction of sp³-hybridized carbons (Fsp3) is 0.568. The van der Waals surface area contributed by atoms with E-state index in [0.29, 0.717) is 45.6 Å². The number of hydrogen-bond donors (Lipinski definition) is 0. The van der Waals surface area contributed by atoms with Crippen molar-refractivity contribution in [2.24, 2.45) is 46.3 Å². The molecular weight excluding hydrogens is 650 g/mol. The van der Waals surface area contributed by atoms with E-state index in [4.69, 9.17) is 65.4 Å². The van der Waals surface area contributed by atoms with Gasteiger partial charge in [0.05, 0.1) is 24.3 Å². The molecule has 236 valence electrons. The Labute approximate surface area is 283 Å². The highest BCUT2D eigenvalue weighted by atomic mass is 35.5. The first-order chi connectivity index (χ1) is 21.5. The second-order valence-electron chi connectivity index (χ2n) is 15.3. The lowest BCUT2D eigenvalue weighted by Crippen LogP contribution is -2.70. The van der Waals surface area contributed by atoms with Gasteiger partial charge in [0.1, 0.15) is 21.2 Å². The van der Waals surface area contributed by atoms with Crippen LogP contribution < -0.4 is 9.47 Å². The maximum atomic E-state index is 7.75. The van der Waals surface area contributed by atoms with Crippen LogP contribution in [0.25, 0.3) is 21.5 Å². The summed E-state index contributed by atoms with van der Waals surface area (Å²) in [6.45, 7) is 5.09. The van der Waals surface area contributed by atoms with Gasteiger partial charge in [-0.3, -0.25) is 0 Å². The van der Waals surface area contributed by atoms with Crippen LogP contribution in [0.2, 0.25) is 0 Å². The van der Waals surface area contributed by atoms with E-state index in [1.54, 1.807) is 14.2 Å². The first-order valence-electron chi connectivity index (χ1n) is 16.1. The Balaban J connectivity index is 1.19. The van der Waals surface area contributed by atoms with Crippen LogP contribution in [0.15, 0.2) is 46.5 Å². The van der Waals surface area contributed by atoms with Crippen LogP contribution in [0.3, 0.4) is 0 Å². The standard InChI is InChI=1S/C37H36Cl4O4/c1-33-21-14-22(28-27(21)35(40)31(38)32(39)36(28,41)37(35,44-5)45-6)34(33,2)26-20-13-19(25(26)33)23-24(20)30(43-4)18-12-16-10-8-7-9-15(16)11-17(18)29(23)42-3/h7-12,19-22,25-28H,13-14H2,1-6H3/t19-,20+,21+,22-,25-,26+,27-,28+,33+,34-,35-,36+. The van der Waals surface area contributed by atoms with Gasteiger partial charge < -0.3 is 18.9 Å². The maximum Gasteiger partial charge on any atom is 0.217 e. The number of rotatable bonds is 4. The van der Waals surface area contributed by atoms with Crippen molar-refractivity contribution in [3.63, 3.8) is 0 Å². The van der Waals surface area contributed by atoms with Crippen molar-refractivity contribution in [1.29, 1.82) is 0 Å². The molecule has 0 saturated heterocycles. The number of methoxy groups -OCH3 is 4. The predicted octanol–water partition coefficient (Wildman–Crippen LogP) is 9.40. The van der Waals surface area contributed by atoms with Gasteiger partial charge in [-0.15, -0.1) is 23.2 Å². The van der Waals surface area contributed by atoms with E-state index in [0.717, 1.165) is 35.1 Å². The van der Waals surface area contributed by atoms with Crippen molar-refractivity contribution in [2.75, 3.05) is 28.4 Å². The molecule has 0 unspecified atom stereocenters. The molecule has 7 aliphatic carbocycles. The second kappa shape index (κ2) is 8.24. The molecule has 0 aliphatic heterocycles. The molecule has 3 aromatic carbocycles. The van der Waals surface area contributed by atoms with Gasteiger partial charge in [-0.1, -0.05) is 61.3 Å². The molecule has 7 aliphatic rings. The molecular formula is C37H36Cl4O4. The Kier molecular flexibility index (Phi) is 5.24.